The Morgan fingerprint density at radius 1 is 1.39 bits per heavy atom. The summed E-state index contributed by atoms with van der Waals surface area (Å²) in [6.07, 6.45) is 4.62. The topological polar surface area (TPSA) is 37.4 Å². The van der Waals surface area contributed by atoms with E-state index in [9.17, 15) is 0 Å². The average Bonchev–Trinajstić information content (AvgIpc) is 2.42. The number of hydrogen-bond acceptors (Lipinski definition) is 4. The third kappa shape index (κ3) is 4.53. The molecule has 0 unspecified atom stereocenters. The van der Waals surface area contributed by atoms with E-state index >= 15 is 0 Å². The smallest absolute Gasteiger partial charge is 0.0634 e. The zero-order chi connectivity index (χ0) is 12.6. The lowest BCUT2D eigenvalue weighted by Gasteiger charge is -2.26. The zero-order valence-electron chi connectivity index (χ0n) is 10.6. The Kier molecular flexibility index (Phi) is 5.87. The van der Waals surface area contributed by atoms with Crippen molar-refractivity contribution in [3.63, 3.8) is 0 Å². The standard InChI is InChI=1S/C13H20ClN3O/c14-13-11-16-4-2-12(13)10-15-3-1-5-17-6-8-18-9-7-17/h2,4,11,15H,1,3,5-10H2. The fourth-order valence-electron chi connectivity index (χ4n) is 2.02. The van der Waals surface area contributed by atoms with Crippen LogP contribution in [0.15, 0.2) is 18.5 Å². The fourth-order valence-corrected chi connectivity index (χ4v) is 2.21. The van der Waals surface area contributed by atoms with Gasteiger partial charge in [-0.15, -0.1) is 0 Å². The Balaban J connectivity index is 1.57. The Labute approximate surface area is 113 Å². The van der Waals surface area contributed by atoms with Gasteiger partial charge in [-0.25, -0.2) is 0 Å². The van der Waals surface area contributed by atoms with Crippen molar-refractivity contribution in [2.45, 2.75) is 13.0 Å². The third-order valence-corrected chi connectivity index (χ3v) is 3.44. The number of morpholine rings is 1. The lowest BCUT2D eigenvalue weighted by Crippen LogP contribution is -2.37. The molecule has 0 amide bonds. The summed E-state index contributed by atoms with van der Waals surface area (Å²) < 4.78 is 5.32. The van der Waals surface area contributed by atoms with Gasteiger partial charge in [0.05, 0.1) is 18.2 Å². The highest BCUT2D eigenvalue weighted by atomic mass is 35.5. The van der Waals surface area contributed by atoms with Crippen molar-refractivity contribution >= 4 is 11.6 Å². The van der Waals surface area contributed by atoms with Gasteiger partial charge >= 0.3 is 0 Å². The first-order chi connectivity index (χ1) is 8.86. The molecule has 100 valence electrons. The summed E-state index contributed by atoms with van der Waals surface area (Å²) in [5.41, 5.74) is 1.11. The zero-order valence-corrected chi connectivity index (χ0v) is 11.3. The van der Waals surface area contributed by atoms with Crippen LogP contribution in [-0.4, -0.2) is 49.3 Å². The lowest BCUT2D eigenvalue weighted by atomic mass is 10.2. The maximum Gasteiger partial charge on any atom is 0.0634 e. The van der Waals surface area contributed by atoms with Crippen LogP contribution in [0.4, 0.5) is 0 Å². The minimum absolute atomic E-state index is 0.734. The van der Waals surface area contributed by atoms with E-state index in [1.165, 1.54) is 0 Å². The van der Waals surface area contributed by atoms with Crippen LogP contribution in [0.1, 0.15) is 12.0 Å². The number of pyridine rings is 1. The molecule has 1 aliphatic heterocycles. The molecule has 1 N–H and O–H groups in total. The molecule has 4 nitrogen and oxygen atoms in total. The van der Waals surface area contributed by atoms with Gasteiger partial charge in [0, 0.05) is 32.0 Å². The van der Waals surface area contributed by atoms with Crippen LogP contribution in [-0.2, 0) is 11.3 Å². The first-order valence-electron chi connectivity index (χ1n) is 6.45. The summed E-state index contributed by atoms with van der Waals surface area (Å²) in [6.45, 7) is 6.84. The number of rotatable bonds is 6. The van der Waals surface area contributed by atoms with E-state index in [2.05, 4.69) is 15.2 Å². The Bertz CT molecular complexity index is 356. The lowest BCUT2D eigenvalue weighted by molar-refractivity contribution is 0.0374. The minimum Gasteiger partial charge on any atom is -0.379 e. The second-order valence-electron chi connectivity index (χ2n) is 4.45. The van der Waals surface area contributed by atoms with Gasteiger partial charge in [-0.2, -0.15) is 0 Å². The van der Waals surface area contributed by atoms with Gasteiger partial charge in [-0.1, -0.05) is 11.6 Å². The van der Waals surface area contributed by atoms with Crippen molar-refractivity contribution in [2.24, 2.45) is 0 Å². The normalized spacial score (nSPS) is 16.9. The molecular weight excluding hydrogens is 250 g/mol. The molecule has 1 aliphatic rings. The minimum atomic E-state index is 0.734. The first-order valence-corrected chi connectivity index (χ1v) is 6.83. The number of hydrogen-bond donors (Lipinski definition) is 1. The number of nitrogens with one attached hydrogen (secondary N) is 1. The van der Waals surface area contributed by atoms with Gasteiger partial charge in [-0.3, -0.25) is 9.88 Å². The highest BCUT2D eigenvalue weighted by Gasteiger charge is 2.08. The van der Waals surface area contributed by atoms with Gasteiger partial charge in [0.25, 0.3) is 0 Å². The van der Waals surface area contributed by atoms with Gasteiger partial charge in [0.1, 0.15) is 0 Å². The van der Waals surface area contributed by atoms with Gasteiger partial charge in [-0.05, 0) is 31.1 Å². The second-order valence-corrected chi connectivity index (χ2v) is 4.86. The van der Waals surface area contributed by atoms with Crippen molar-refractivity contribution in [3.05, 3.63) is 29.0 Å². The molecule has 18 heavy (non-hydrogen) atoms. The summed E-state index contributed by atoms with van der Waals surface area (Å²) >= 11 is 6.03. The van der Waals surface area contributed by atoms with E-state index in [4.69, 9.17) is 16.3 Å². The number of aromatic nitrogens is 1. The maximum absolute atomic E-state index is 6.03. The van der Waals surface area contributed by atoms with Crippen LogP contribution in [0.3, 0.4) is 0 Å². The van der Waals surface area contributed by atoms with Crippen LogP contribution in [0.2, 0.25) is 5.02 Å². The summed E-state index contributed by atoms with van der Waals surface area (Å²) in [6, 6.07) is 1.96. The van der Waals surface area contributed by atoms with Crippen molar-refractivity contribution in [3.8, 4) is 0 Å². The van der Waals surface area contributed by atoms with Crippen LogP contribution in [0.25, 0.3) is 0 Å². The highest BCUT2D eigenvalue weighted by Crippen LogP contribution is 2.12. The molecule has 2 rings (SSSR count). The number of halogens is 1. The summed E-state index contributed by atoms with van der Waals surface area (Å²) in [5, 5.41) is 4.15. The maximum atomic E-state index is 6.03. The molecular formula is C13H20ClN3O. The monoisotopic (exact) mass is 269 g/mol. The molecule has 0 saturated carbocycles. The predicted molar refractivity (Wildman–Crippen MR) is 72.8 cm³/mol. The third-order valence-electron chi connectivity index (χ3n) is 3.10. The molecule has 2 heterocycles. The molecule has 1 aromatic rings. The van der Waals surface area contributed by atoms with Gasteiger partial charge < -0.3 is 10.1 Å². The van der Waals surface area contributed by atoms with Crippen molar-refractivity contribution < 1.29 is 4.74 Å². The van der Waals surface area contributed by atoms with Crippen molar-refractivity contribution in [2.75, 3.05) is 39.4 Å². The molecule has 1 saturated heterocycles. The molecule has 5 heteroatoms. The number of nitrogens with zero attached hydrogens (tertiary/aromatic N) is 2. The fraction of sp³-hybridized carbons (Fsp3) is 0.615. The van der Waals surface area contributed by atoms with Crippen LogP contribution in [0, 0.1) is 0 Å². The van der Waals surface area contributed by atoms with Crippen LogP contribution < -0.4 is 5.32 Å². The largest absolute Gasteiger partial charge is 0.379 e. The van der Waals surface area contributed by atoms with E-state index in [1.54, 1.807) is 12.4 Å². The molecule has 0 bridgehead atoms. The Hall–Kier alpha value is -0.680. The van der Waals surface area contributed by atoms with E-state index in [-0.39, 0.29) is 0 Å². The number of ether oxygens (including phenoxy) is 1. The molecule has 1 fully saturated rings. The Morgan fingerprint density at radius 2 is 2.22 bits per heavy atom. The second kappa shape index (κ2) is 7.69. The van der Waals surface area contributed by atoms with Gasteiger partial charge in [0.15, 0.2) is 0 Å². The quantitative estimate of drug-likeness (QED) is 0.795. The Morgan fingerprint density at radius 3 is 3.00 bits per heavy atom. The SMILES string of the molecule is Clc1cnccc1CNCCCN1CCOCC1. The first kappa shape index (κ1) is 13.7. The molecule has 0 aromatic carbocycles. The van der Waals surface area contributed by atoms with Crippen LogP contribution >= 0.6 is 11.6 Å². The van der Waals surface area contributed by atoms with E-state index in [0.29, 0.717) is 0 Å². The highest BCUT2D eigenvalue weighted by molar-refractivity contribution is 6.31. The molecule has 0 radical (unpaired) electrons. The van der Waals surface area contributed by atoms with Crippen molar-refractivity contribution in [1.82, 2.24) is 15.2 Å². The molecule has 0 atom stereocenters. The summed E-state index contributed by atoms with van der Waals surface area (Å²) in [7, 11) is 0. The van der Waals surface area contributed by atoms with E-state index in [0.717, 1.165) is 62.9 Å². The summed E-state index contributed by atoms with van der Waals surface area (Å²) in [5.74, 6) is 0. The van der Waals surface area contributed by atoms with E-state index in [1.807, 2.05) is 6.07 Å². The molecule has 0 aliphatic carbocycles. The van der Waals surface area contributed by atoms with Gasteiger partial charge in [0.2, 0.25) is 0 Å². The molecule has 0 spiro atoms. The summed E-state index contributed by atoms with van der Waals surface area (Å²) in [4.78, 5) is 6.42. The molecule has 1 aromatic heterocycles. The predicted octanol–water partition coefficient (Wildman–Crippen LogP) is 1.55. The van der Waals surface area contributed by atoms with Crippen LogP contribution in [0.5, 0.6) is 0 Å². The van der Waals surface area contributed by atoms with Crippen molar-refractivity contribution in [1.29, 1.82) is 0 Å². The average molecular weight is 270 g/mol. The van der Waals surface area contributed by atoms with E-state index < -0.39 is 0 Å².